The third-order valence-corrected chi connectivity index (χ3v) is 3.06. The van der Waals surface area contributed by atoms with Crippen molar-refractivity contribution in [2.75, 3.05) is 13.2 Å². The maximum Gasteiger partial charge on any atom is 0.328 e. The van der Waals surface area contributed by atoms with Crippen LogP contribution in [0.5, 0.6) is 5.88 Å². The van der Waals surface area contributed by atoms with Crippen LogP contribution < -0.4 is 11.2 Å². The molecule has 0 saturated carbocycles. The van der Waals surface area contributed by atoms with E-state index in [1.54, 1.807) is 0 Å². The van der Waals surface area contributed by atoms with E-state index >= 15 is 0 Å². The van der Waals surface area contributed by atoms with Gasteiger partial charge < -0.3 is 9.84 Å². The van der Waals surface area contributed by atoms with Gasteiger partial charge in [0.05, 0.1) is 18.4 Å². The number of nitrogens with one attached hydrogen (secondary N) is 2. The standard InChI is InChI=1S/C12H17N3O4/c1-2-8(13-6-7-4-3-5-19-7)9-10(16)14-12(18)15-11(9)17/h7H,2-6H2,1H3,(H3,14,15,16,17,18)/t7-/m0/s1. The Morgan fingerprint density at radius 3 is 2.84 bits per heavy atom. The number of ether oxygens (including phenoxy) is 1. The number of aromatic amines is 2. The predicted octanol–water partition coefficient (Wildman–Crippen LogP) is 0.147. The first-order valence-electron chi connectivity index (χ1n) is 6.32. The average molecular weight is 267 g/mol. The van der Waals surface area contributed by atoms with Crippen LogP contribution in [0.3, 0.4) is 0 Å². The average Bonchev–Trinajstić information content (AvgIpc) is 2.85. The second-order valence-corrected chi connectivity index (χ2v) is 4.41. The molecule has 7 nitrogen and oxygen atoms in total. The number of nitrogens with zero attached hydrogens (tertiary/aromatic N) is 1. The summed E-state index contributed by atoms with van der Waals surface area (Å²) in [5.74, 6) is -0.443. The van der Waals surface area contributed by atoms with Crippen LogP contribution in [-0.4, -0.2) is 40.0 Å². The van der Waals surface area contributed by atoms with E-state index < -0.39 is 17.1 Å². The minimum atomic E-state index is -0.735. The Morgan fingerprint density at radius 1 is 1.47 bits per heavy atom. The molecule has 19 heavy (non-hydrogen) atoms. The number of aliphatic imine (C=N–C) groups is 1. The van der Waals surface area contributed by atoms with Crippen LogP contribution in [0.4, 0.5) is 0 Å². The molecule has 1 saturated heterocycles. The number of aromatic hydroxyl groups is 1. The summed E-state index contributed by atoms with van der Waals surface area (Å²) in [6.45, 7) is 3.03. The largest absolute Gasteiger partial charge is 0.494 e. The highest BCUT2D eigenvalue weighted by Crippen LogP contribution is 2.14. The summed E-state index contributed by atoms with van der Waals surface area (Å²) in [5, 5.41) is 9.68. The van der Waals surface area contributed by atoms with Gasteiger partial charge in [0, 0.05) is 6.61 Å². The number of aromatic nitrogens is 2. The Hall–Kier alpha value is -1.89. The van der Waals surface area contributed by atoms with Crippen LogP contribution in [-0.2, 0) is 4.74 Å². The minimum absolute atomic E-state index is 0.0279. The third kappa shape index (κ3) is 3.11. The van der Waals surface area contributed by atoms with Crippen molar-refractivity contribution < 1.29 is 9.84 Å². The highest BCUT2D eigenvalue weighted by atomic mass is 16.5. The lowest BCUT2D eigenvalue weighted by molar-refractivity contribution is 0.118. The minimum Gasteiger partial charge on any atom is -0.494 e. The van der Waals surface area contributed by atoms with E-state index in [0.29, 0.717) is 18.7 Å². The fraction of sp³-hybridized carbons (Fsp3) is 0.583. The molecule has 1 atom stereocenters. The Balaban J connectivity index is 2.28. The maximum atomic E-state index is 11.7. The third-order valence-electron chi connectivity index (χ3n) is 3.06. The van der Waals surface area contributed by atoms with Gasteiger partial charge in [-0.1, -0.05) is 6.92 Å². The van der Waals surface area contributed by atoms with Gasteiger partial charge in [-0.2, -0.15) is 0 Å². The fourth-order valence-corrected chi connectivity index (χ4v) is 2.11. The molecule has 0 bridgehead atoms. The van der Waals surface area contributed by atoms with Crippen molar-refractivity contribution in [3.63, 3.8) is 0 Å². The molecule has 1 aromatic heterocycles. The molecular formula is C12H17N3O4. The zero-order valence-corrected chi connectivity index (χ0v) is 10.7. The molecule has 104 valence electrons. The van der Waals surface area contributed by atoms with Crippen LogP contribution in [0.15, 0.2) is 14.6 Å². The smallest absolute Gasteiger partial charge is 0.328 e. The van der Waals surface area contributed by atoms with E-state index in [0.717, 1.165) is 19.4 Å². The SMILES string of the molecule is CCC(=NC[C@@H]1CCCO1)c1c(O)[nH]c(=O)[nH]c1=O. The quantitative estimate of drug-likeness (QED) is 0.675. The van der Waals surface area contributed by atoms with Crippen molar-refractivity contribution in [2.45, 2.75) is 32.3 Å². The molecular weight excluding hydrogens is 250 g/mol. The summed E-state index contributed by atoms with van der Waals surface area (Å²) in [7, 11) is 0. The van der Waals surface area contributed by atoms with Gasteiger partial charge in [-0.05, 0) is 19.3 Å². The Labute approximate surface area is 109 Å². The van der Waals surface area contributed by atoms with Crippen molar-refractivity contribution in [2.24, 2.45) is 4.99 Å². The van der Waals surface area contributed by atoms with Gasteiger partial charge in [-0.3, -0.25) is 19.8 Å². The van der Waals surface area contributed by atoms with Crippen molar-refractivity contribution in [3.8, 4) is 5.88 Å². The topological polar surface area (TPSA) is 108 Å². The van der Waals surface area contributed by atoms with Gasteiger partial charge in [-0.15, -0.1) is 0 Å². The lowest BCUT2D eigenvalue weighted by atomic mass is 10.1. The Morgan fingerprint density at radius 2 is 2.26 bits per heavy atom. The fourth-order valence-electron chi connectivity index (χ4n) is 2.11. The Bertz CT molecular complexity index is 581. The van der Waals surface area contributed by atoms with Crippen molar-refractivity contribution >= 4 is 5.71 Å². The van der Waals surface area contributed by atoms with E-state index in [-0.39, 0.29) is 11.7 Å². The molecule has 1 aliphatic rings. The first-order chi connectivity index (χ1) is 9.11. The molecule has 1 aliphatic heterocycles. The van der Waals surface area contributed by atoms with E-state index in [4.69, 9.17) is 4.74 Å². The summed E-state index contributed by atoms with van der Waals surface area (Å²) < 4.78 is 5.45. The van der Waals surface area contributed by atoms with E-state index in [1.807, 2.05) is 6.92 Å². The van der Waals surface area contributed by atoms with E-state index in [2.05, 4.69) is 15.0 Å². The van der Waals surface area contributed by atoms with Gasteiger partial charge in [0.2, 0.25) is 5.88 Å². The first-order valence-corrected chi connectivity index (χ1v) is 6.32. The van der Waals surface area contributed by atoms with Crippen LogP contribution in [0.1, 0.15) is 31.7 Å². The second-order valence-electron chi connectivity index (χ2n) is 4.41. The molecule has 0 aliphatic carbocycles. The lowest BCUT2D eigenvalue weighted by Gasteiger charge is -2.08. The first kappa shape index (κ1) is 13.5. The Kier molecular flexibility index (Phi) is 4.16. The number of hydrogen-bond acceptors (Lipinski definition) is 5. The molecule has 0 amide bonds. The van der Waals surface area contributed by atoms with Crippen molar-refractivity contribution in [3.05, 3.63) is 26.4 Å². The highest BCUT2D eigenvalue weighted by molar-refractivity contribution is 6.01. The normalized spacial score (nSPS) is 19.8. The molecule has 2 rings (SSSR count). The number of rotatable bonds is 4. The van der Waals surface area contributed by atoms with Crippen molar-refractivity contribution in [1.82, 2.24) is 9.97 Å². The number of hydrogen-bond donors (Lipinski definition) is 3. The zero-order chi connectivity index (χ0) is 13.8. The summed E-state index contributed by atoms with van der Waals surface area (Å²) in [6, 6.07) is 0. The van der Waals surface area contributed by atoms with Crippen LogP contribution in [0.25, 0.3) is 0 Å². The molecule has 0 spiro atoms. The van der Waals surface area contributed by atoms with Gasteiger partial charge in [0.25, 0.3) is 5.56 Å². The van der Waals surface area contributed by atoms with E-state index in [9.17, 15) is 14.7 Å². The molecule has 0 radical (unpaired) electrons. The van der Waals surface area contributed by atoms with Gasteiger partial charge in [0.15, 0.2) is 0 Å². The van der Waals surface area contributed by atoms with E-state index in [1.165, 1.54) is 0 Å². The van der Waals surface area contributed by atoms with Gasteiger partial charge in [-0.25, -0.2) is 4.79 Å². The molecule has 3 N–H and O–H groups in total. The molecule has 2 heterocycles. The lowest BCUT2D eigenvalue weighted by Crippen LogP contribution is -2.28. The van der Waals surface area contributed by atoms with Crippen LogP contribution in [0.2, 0.25) is 0 Å². The monoisotopic (exact) mass is 267 g/mol. The second kappa shape index (κ2) is 5.83. The molecule has 1 fully saturated rings. The molecule has 0 aromatic carbocycles. The van der Waals surface area contributed by atoms with Gasteiger partial charge in [0.1, 0.15) is 5.56 Å². The molecule has 1 aromatic rings. The van der Waals surface area contributed by atoms with Gasteiger partial charge >= 0.3 is 5.69 Å². The molecule has 7 heteroatoms. The zero-order valence-electron chi connectivity index (χ0n) is 10.7. The number of H-pyrrole nitrogens is 2. The van der Waals surface area contributed by atoms with Crippen molar-refractivity contribution in [1.29, 1.82) is 0 Å². The maximum absolute atomic E-state index is 11.7. The summed E-state index contributed by atoms with van der Waals surface area (Å²) in [5.41, 5.74) is -0.874. The summed E-state index contributed by atoms with van der Waals surface area (Å²) >= 11 is 0. The summed E-state index contributed by atoms with van der Waals surface area (Å²) in [6.07, 6.45) is 2.53. The molecule has 0 unspecified atom stereocenters. The van der Waals surface area contributed by atoms with Crippen LogP contribution >= 0.6 is 0 Å². The highest BCUT2D eigenvalue weighted by Gasteiger charge is 2.17. The summed E-state index contributed by atoms with van der Waals surface area (Å²) in [4.78, 5) is 31.3. The predicted molar refractivity (Wildman–Crippen MR) is 70.0 cm³/mol. The van der Waals surface area contributed by atoms with Crippen LogP contribution in [0, 0.1) is 0 Å².